The number of rotatable bonds is 5. The van der Waals surface area contributed by atoms with Crippen molar-refractivity contribution in [1.82, 2.24) is 24.1 Å². The highest BCUT2D eigenvalue weighted by Crippen LogP contribution is 2.42. The Morgan fingerprint density at radius 2 is 0.919 bits per heavy atom. The first-order valence-electron chi connectivity index (χ1n) is 21.0. The van der Waals surface area contributed by atoms with Crippen molar-refractivity contribution in [1.29, 1.82) is 0 Å². The average Bonchev–Trinajstić information content (AvgIpc) is 3.85. The maximum absolute atomic E-state index is 5.18. The van der Waals surface area contributed by atoms with Gasteiger partial charge in [0.15, 0.2) is 17.5 Å². The van der Waals surface area contributed by atoms with Gasteiger partial charge in [-0.05, 0) is 86.9 Å². The summed E-state index contributed by atoms with van der Waals surface area (Å²) in [6, 6.07) is 75.8. The fraction of sp³-hybridized carbons (Fsp3) is 0. The number of para-hydroxylation sites is 2. The van der Waals surface area contributed by atoms with Gasteiger partial charge in [-0.15, -0.1) is 0 Å². The van der Waals surface area contributed by atoms with Crippen LogP contribution in [0.5, 0.6) is 0 Å². The second-order valence-electron chi connectivity index (χ2n) is 16.0. The third-order valence-electron chi connectivity index (χ3n) is 12.5. The Morgan fingerprint density at radius 1 is 0.274 bits per heavy atom. The highest BCUT2D eigenvalue weighted by Gasteiger charge is 2.21. The molecule has 10 aromatic carbocycles. The molecule has 62 heavy (non-hydrogen) atoms. The van der Waals surface area contributed by atoms with E-state index in [2.05, 4.69) is 203 Å². The van der Waals surface area contributed by atoms with E-state index in [4.69, 9.17) is 15.0 Å². The number of fused-ring (bicyclic) bond motifs is 10. The van der Waals surface area contributed by atoms with Crippen molar-refractivity contribution < 1.29 is 0 Å². The van der Waals surface area contributed by atoms with Crippen LogP contribution in [0.1, 0.15) is 0 Å². The molecule has 0 amide bonds. The van der Waals surface area contributed by atoms with Crippen LogP contribution >= 0.6 is 0 Å². The molecule has 5 heteroatoms. The molecule has 0 aliphatic carbocycles. The zero-order valence-electron chi connectivity index (χ0n) is 33.4. The van der Waals surface area contributed by atoms with Crippen LogP contribution in [0, 0.1) is 0 Å². The fourth-order valence-electron chi connectivity index (χ4n) is 9.66. The molecule has 0 spiro atoms. The molecule has 3 aromatic heterocycles. The van der Waals surface area contributed by atoms with Gasteiger partial charge in [-0.25, -0.2) is 15.0 Å². The summed E-state index contributed by atoms with van der Waals surface area (Å²) in [5.74, 6) is 1.93. The molecule has 288 valence electrons. The van der Waals surface area contributed by atoms with Gasteiger partial charge in [0.05, 0.1) is 22.1 Å². The molecule has 0 unspecified atom stereocenters. The van der Waals surface area contributed by atoms with Crippen molar-refractivity contribution in [3.05, 3.63) is 212 Å². The zero-order chi connectivity index (χ0) is 40.7. The van der Waals surface area contributed by atoms with E-state index in [1.165, 1.54) is 48.7 Å². The van der Waals surface area contributed by atoms with Crippen molar-refractivity contribution in [2.75, 3.05) is 0 Å². The average molecular weight is 790 g/mol. The Balaban J connectivity index is 1.03. The predicted octanol–water partition coefficient (Wildman–Crippen LogP) is 14.5. The summed E-state index contributed by atoms with van der Waals surface area (Å²) in [6.07, 6.45) is 0. The molecular weight excluding hydrogens is 755 g/mol. The van der Waals surface area contributed by atoms with Crippen LogP contribution < -0.4 is 0 Å². The van der Waals surface area contributed by atoms with Gasteiger partial charge in [-0.1, -0.05) is 158 Å². The first-order valence-corrected chi connectivity index (χ1v) is 21.0. The molecule has 13 aromatic rings. The number of nitrogens with zero attached hydrogens (tertiary/aromatic N) is 5. The molecular formula is C57H35N5. The van der Waals surface area contributed by atoms with Crippen molar-refractivity contribution in [3.8, 4) is 45.5 Å². The lowest BCUT2D eigenvalue weighted by atomic mass is 10.0. The fourth-order valence-corrected chi connectivity index (χ4v) is 9.66. The molecule has 0 bridgehead atoms. The van der Waals surface area contributed by atoms with E-state index in [0.29, 0.717) is 17.5 Å². The second-order valence-corrected chi connectivity index (χ2v) is 16.0. The lowest BCUT2D eigenvalue weighted by Gasteiger charge is -2.13. The highest BCUT2D eigenvalue weighted by atomic mass is 15.0. The second kappa shape index (κ2) is 13.6. The zero-order valence-corrected chi connectivity index (χ0v) is 33.4. The van der Waals surface area contributed by atoms with Crippen molar-refractivity contribution in [2.45, 2.75) is 0 Å². The molecule has 0 N–H and O–H groups in total. The normalized spacial score (nSPS) is 11.9. The molecule has 0 fully saturated rings. The Bertz CT molecular complexity index is 3920. The quantitative estimate of drug-likeness (QED) is 0.174. The van der Waals surface area contributed by atoms with E-state index < -0.39 is 0 Å². The molecule has 0 radical (unpaired) electrons. The number of aromatic nitrogens is 5. The standard InChI is InChI=1S/C57H35N5/c1-3-16-38(17-4-1)55-58-56(41-27-26-36-14-7-8-18-39(36)32-41)60-57(59-55)47-24-13-19-40-33-43(29-30-44(40)47)62-50-25-12-11-23-46(50)48-34-49-53(35-52(48)62)61(42-20-5-2-6-21-42)51-31-28-37-15-9-10-22-45(37)54(49)51/h1-35H. The van der Waals surface area contributed by atoms with Gasteiger partial charge in [0.1, 0.15) is 0 Å². The molecule has 0 aliphatic heterocycles. The Kier molecular flexibility index (Phi) is 7.54. The summed E-state index contributed by atoms with van der Waals surface area (Å²) in [4.78, 5) is 15.4. The minimum Gasteiger partial charge on any atom is -0.309 e. The lowest BCUT2D eigenvalue weighted by Crippen LogP contribution is -2.01. The van der Waals surface area contributed by atoms with E-state index >= 15 is 0 Å². The summed E-state index contributed by atoms with van der Waals surface area (Å²) in [5, 5.41) is 12.0. The molecule has 0 atom stereocenters. The van der Waals surface area contributed by atoms with E-state index in [0.717, 1.165) is 55.3 Å². The van der Waals surface area contributed by atoms with Gasteiger partial charge in [0, 0.05) is 49.6 Å². The number of benzene rings is 10. The van der Waals surface area contributed by atoms with Gasteiger partial charge in [-0.3, -0.25) is 0 Å². The maximum Gasteiger partial charge on any atom is 0.164 e. The van der Waals surface area contributed by atoms with Crippen LogP contribution in [0.25, 0.3) is 121 Å². The minimum absolute atomic E-state index is 0.640. The third kappa shape index (κ3) is 5.32. The lowest BCUT2D eigenvalue weighted by molar-refractivity contribution is 1.08. The Hall–Kier alpha value is -8.41. The van der Waals surface area contributed by atoms with Crippen LogP contribution in [0.3, 0.4) is 0 Å². The first kappa shape index (κ1) is 34.5. The van der Waals surface area contributed by atoms with Crippen LogP contribution in [-0.2, 0) is 0 Å². The van der Waals surface area contributed by atoms with E-state index in [1.807, 2.05) is 18.2 Å². The van der Waals surface area contributed by atoms with Gasteiger partial charge in [0.25, 0.3) is 0 Å². The summed E-state index contributed by atoms with van der Waals surface area (Å²) in [6.45, 7) is 0. The molecule has 0 saturated carbocycles. The Labute approximate surface area is 356 Å². The van der Waals surface area contributed by atoms with Crippen molar-refractivity contribution in [3.63, 3.8) is 0 Å². The monoisotopic (exact) mass is 789 g/mol. The molecule has 3 heterocycles. The largest absolute Gasteiger partial charge is 0.309 e. The van der Waals surface area contributed by atoms with Gasteiger partial charge >= 0.3 is 0 Å². The third-order valence-corrected chi connectivity index (χ3v) is 12.5. The number of hydrogen-bond donors (Lipinski definition) is 0. The van der Waals surface area contributed by atoms with Crippen LogP contribution in [-0.4, -0.2) is 24.1 Å². The van der Waals surface area contributed by atoms with Crippen LogP contribution in [0.4, 0.5) is 0 Å². The topological polar surface area (TPSA) is 48.5 Å². The molecule has 0 saturated heterocycles. The smallest absolute Gasteiger partial charge is 0.164 e. The predicted molar refractivity (Wildman–Crippen MR) is 257 cm³/mol. The van der Waals surface area contributed by atoms with E-state index in [-0.39, 0.29) is 0 Å². The summed E-state index contributed by atoms with van der Waals surface area (Å²) in [7, 11) is 0. The van der Waals surface area contributed by atoms with Gasteiger partial charge < -0.3 is 9.13 Å². The van der Waals surface area contributed by atoms with E-state index in [9.17, 15) is 0 Å². The minimum atomic E-state index is 0.640. The Morgan fingerprint density at radius 3 is 1.77 bits per heavy atom. The molecule has 0 aliphatic rings. The molecule has 13 rings (SSSR count). The number of hydrogen-bond acceptors (Lipinski definition) is 3. The summed E-state index contributed by atoms with van der Waals surface area (Å²) < 4.78 is 4.85. The van der Waals surface area contributed by atoms with Crippen LogP contribution in [0.15, 0.2) is 212 Å². The molecule has 5 nitrogen and oxygen atoms in total. The van der Waals surface area contributed by atoms with Crippen molar-refractivity contribution >= 4 is 75.9 Å². The van der Waals surface area contributed by atoms with E-state index in [1.54, 1.807) is 0 Å². The SMILES string of the molecule is c1ccc(-c2nc(-c3ccc4ccccc4c3)nc(-c3cccc4cc(-n5c6ccccc6c6cc7c8c9ccccc9ccc8n(-c8ccccc8)c7cc65)ccc34)n2)cc1. The van der Waals surface area contributed by atoms with Gasteiger partial charge in [0.2, 0.25) is 0 Å². The highest BCUT2D eigenvalue weighted by molar-refractivity contribution is 6.25. The summed E-state index contributed by atoms with van der Waals surface area (Å²) >= 11 is 0. The van der Waals surface area contributed by atoms with Crippen molar-refractivity contribution in [2.24, 2.45) is 0 Å². The first-order chi connectivity index (χ1) is 30.7. The van der Waals surface area contributed by atoms with Gasteiger partial charge in [-0.2, -0.15) is 0 Å². The maximum atomic E-state index is 5.18. The summed E-state index contributed by atoms with van der Waals surface area (Å²) in [5.41, 5.74) is 9.77. The van der Waals surface area contributed by atoms with Crippen LogP contribution in [0.2, 0.25) is 0 Å².